The lowest BCUT2D eigenvalue weighted by atomic mass is 10.2. The quantitative estimate of drug-likeness (QED) is 0.620. The number of esters is 1. The Hall–Kier alpha value is -1.42. The Morgan fingerprint density at radius 1 is 1.35 bits per heavy atom. The van der Waals surface area contributed by atoms with Gasteiger partial charge in [0.1, 0.15) is 0 Å². The second-order valence-corrected chi connectivity index (χ2v) is 5.02. The third-order valence-electron chi connectivity index (χ3n) is 2.76. The molecule has 0 atom stereocenters. The first kappa shape index (κ1) is 10.7. The van der Waals surface area contributed by atoms with Gasteiger partial charge in [-0.15, -0.1) is 0 Å². The Bertz CT molecular complexity index is 544. The summed E-state index contributed by atoms with van der Waals surface area (Å²) < 4.78 is 6.08. The standard InChI is InChI=1S/C13H10BrNO2/c14-10-4-2-1-3-9(10)7-11-13(16)17-12(15-11)8-5-6-8/h1-4,7-8H,5-6H2/b11-7-. The minimum Gasteiger partial charge on any atom is -0.406 e. The van der Waals surface area contributed by atoms with Gasteiger partial charge in [-0.05, 0) is 30.5 Å². The Morgan fingerprint density at radius 2 is 2.12 bits per heavy atom. The number of aliphatic imine (C=N–C) groups is 1. The van der Waals surface area contributed by atoms with Crippen LogP contribution in [-0.4, -0.2) is 11.9 Å². The average molecular weight is 292 g/mol. The van der Waals surface area contributed by atoms with E-state index in [1.807, 2.05) is 24.3 Å². The van der Waals surface area contributed by atoms with Crippen LogP contribution in [0.3, 0.4) is 0 Å². The maximum Gasteiger partial charge on any atom is 0.363 e. The Labute approximate surface area is 107 Å². The first-order chi connectivity index (χ1) is 8.24. The summed E-state index contributed by atoms with van der Waals surface area (Å²) in [6.45, 7) is 0. The summed E-state index contributed by atoms with van der Waals surface area (Å²) in [5.74, 6) is 0.611. The number of halogens is 1. The van der Waals surface area contributed by atoms with Crippen LogP contribution in [0.2, 0.25) is 0 Å². The molecule has 86 valence electrons. The molecular weight excluding hydrogens is 282 g/mol. The highest BCUT2D eigenvalue weighted by Crippen LogP contribution is 2.34. The highest BCUT2D eigenvalue weighted by Gasteiger charge is 2.35. The molecule has 1 aromatic rings. The van der Waals surface area contributed by atoms with E-state index in [4.69, 9.17) is 4.74 Å². The predicted molar refractivity (Wildman–Crippen MR) is 68.4 cm³/mol. The van der Waals surface area contributed by atoms with E-state index in [1.165, 1.54) is 0 Å². The third kappa shape index (κ3) is 2.17. The molecule has 4 heteroatoms. The summed E-state index contributed by atoms with van der Waals surface area (Å²) in [5, 5.41) is 0. The lowest BCUT2D eigenvalue weighted by molar-refractivity contribution is -0.130. The number of carbonyl (C=O) groups is 1. The van der Waals surface area contributed by atoms with Crippen molar-refractivity contribution in [2.24, 2.45) is 10.9 Å². The smallest absolute Gasteiger partial charge is 0.363 e. The molecule has 0 aromatic heterocycles. The normalized spacial score (nSPS) is 21.6. The van der Waals surface area contributed by atoms with E-state index in [9.17, 15) is 4.79 Å². The maximum absolute atomic E-state index is 11.6. The lowest BCUT2D eigenvalue weighted by Gasteiger charge is -1.96. The van der Waals surface area contributed by atoms with Crippen molar-refractivity contribution in [3.8, 4) is 0 Å². The van der Waals surface area contributed by atoms with Gasteiger partial charge in [-0.1, -0.05) is 34.1 Å². The van der Waals surface area contributed by atoms with Gasteiger partial charge < -0.3 is 4.74 Å². The summed E-state index contributed by atoms with van der Waals surface area (Å²) in [7, 11) is 0. The molecule has 0 radical (unpaired) electrons. The van der Waals surface area contributed by atoms with Gasteiger partial charge in [0, 0.05) is 10.4 Å². The van der Waals surface area contributed by atoms with Crippen molar-refractivity contribution in [2.45, 2.75) is 12.8 Å². The molecule has 3 nitrogen and oxygen atoms in total. The monoisotopic (exact) mass is 291 g/mol. The maximum atomic E-state index is 11.6. The molecule has 0 saturated heterocycles. The number of rotatable bonds is 2. The second kappa shape index (κ2) is 4.11. The van der Waals surface area contributed by atoms with Crippen LogP contribution in [0.1, 0.15) is 18.4 Å². The first-order valence-electron chi connectivity index (χ1n) is 5.51. The fourth-order valence-corrected chi connectivity index (χ4v) is 2.07. The first-order valence-corrected chi connectivity index (χ1v) is 6.30. The molecule has 17 heavy (non-hydrogen) atoms. The molecular formula is C13H10BrNO2. The molecule has 0 amide bonds. The van der Waals surface area contributed by atoms with Crippen LogP contribution in [0.4, 0.5) is 0 Å². The van der Waals surface area contributed by atoms with Gasteiger partial charge in [-0.25, -0.2) is 9.79 Å². The fourth-order valence-electron chi connectivity index (χ4n) is 1.67. The number of nitrogens with zero attached hydrogens (tertiary/aromatic N) is 1. The highest BCUT2D eigenvalue weighted by molar-refractivity contribution is 9.10. The van der Waals surface area contributed by atoms with Crippen LogP contribution in [-0.2, 0) is 9.53 Å². The van der Waals surface area contributed by atoms with Gasteiger partial charge in [-0.3, -0.25) is 0 Å². The number of hydrogen-bond donors (Lipinski definition) is 0. The van der Waals surface area contributed by atoms with Crippen molar-refractivity contribution in [2.75, 3.05) is 0 Å². The minimum absolute atomic E-state index is 0.345. The van der Waals surface area contributed by atoms with Crippen LogP contribution >= 0.6 is 15.9 Å². The highest BCUT2D eigenvalue weighted by atomic mass is 79.9. The zero-order valence-corrected chi connectivity index (χ0v) is 10.6. The summed E-state index contributed by atoms with van der Waals surface area (Å²) in [6, 6.07) is 7.70. The molecule has 1 aliphatic heterocycles. The van der Waals surface area contributed by atoms with Crippen molar-refractivity contribution >= 4 is 33.9 Å². The number of ether oxygens (including phenoxy) is 1. The van der Waals surface area contributed by atoms with Crippen molar-refractivity contribution < 1.29 is 9.53 Å². The molecule has 1 saturated carbocycles. The SMILES string of the molecule is O=C1OC(C2CC2)=N/C1=C\c1ccccc1Br. The van der Waals surface area contributed by atoms with Crippen LogP contribution in [0.25, 0.3) is 6.08 Å². The van der Waals surface area contributed by atoms with Gasteiger partial charge in [0.15, 0.2) is 5.70 Å². The Kier molecular flexibility index (Phi) is 2.59. The average Bonchev–Trinajstić information content (AvgIpc) is 3.09. The lowest BCUT2D eigenvalue weighted by Crippen LogP contribution is -2.05. The molecule has 3 rings (SSSR count). The van der Waals surface area contributed by atoms with Gasteiger partial charge in [0.2, 0.25) is 5.90 Å². The van der Waals surface area contributed by atoms with Crippen LogP contribution < -0.4 is 0 Å². The molecule has 0 bridgehead atoms. The predicted octanol–water partition coefficient (Wildman–Crippen LogP) is 3.16. The van der Waals surface area contributed by atoms with E-state index in [-0.39, 0.29) is 5.97 Å². The molecule has 0 unspecified atom stereocenters. The Morgan fingerprint density at radius 3 is 2.82 bits per heavy atom. The zero-order valence-electron chi connectivity index (χ0n) is 9.02. The summed E-state index contributed by atoms with van der Waals surface area (Å²) in [5.41, 5.74) is 1.32. The zero-order chi connectivity index (χ0) is 11.8. The largest absolute Gasteiger partial charge is 0.406 e. The number of benzene rings is 1. The molecule has 0 N–H and O–H groups in total. The number of cyclic esters (lactones) is 1. The third-order valence-corrected chi connectivity index (χ3v) is 3.48. The van der Waals surface area contributed by atoms with E-state index >= 15 is 0 Å². The van der Waals surface area contributed by atoms with E-state index in [0.29, 0.717) is 17.5 Å². The second-order valence-electron chi connectivity index (χ2n) is 4.16. The van der Waals surface area contributed by atoms with Crippen LogP contribution in [0.15, 0.2) is 39.4 Å². The van der Waals surface area contributed by atoms with Crippen molar-refractivity contribution in [1.82, 2.24) is 0 Å². The minimum atomic E-state index is -0.345. The number of hydrogen-bond acceptors (Lipinski definition) is 3. The van der Waals surface area contributed by atoms with E-state index in [2.05, 4.69) is 20.9 Å². The molecule has 2 aliphatic rings. The van der Waals surface area contributed by atoms with Crippen molar-refractivity contribution in [3.63, 3.8) is 0 Å². The molecule has 1 fully saturated rings. The van der Waals surface area contributed by atoms with Gasteiger partial charge in [0.25, 0.3) is 0 Å². The van der Waals surface area contributed by atoms with Gasteiger partial charge in [0.05, 0.1) is 0 Å². The summed E-state index contributed by atoms with van der Waals surface area (Å²) in [4.78, 5) is 15.9. The van der Waals surface area contributed by atoms with Crippen molar-refractivity contribution in [3.05, 3.63) is 40.0 Å². The van der Waals surface area contributed by atoms with Crippen molar-refractivity contribution in [1.29, 1.82) is 0 Å². The summed E-state index contributed by atoms with van der Waals surface area (Å²) in [6.07, 6.45) is 3.91. The van der Waals surface area contributed by atoms with E-state index in [1.54, 1.807) is 6.08 Å². The van der Waals surface area contributed by atoms with E-state index < -0.39 is 0 Å². The molecule has 1 aromatic carbocycles. The van der Waals surface area contributed by atoms with Gasteiger partial charge >= 0.3 is 5.97 Å². The van der Waals surface area contributed by atoms with Crippen LogP contribution in [0.5, 0.6) is 0 Å². The molecule has 1 heterocycles. The van der Waals surface area contributed by atoms with Crippen LogP contribution in [0, 0.1) is 5.92 Å². The molecule has 1 aliphatic carbocycles. The Balaban J connectivity index is 1.93. The summed E-state index contributed by atoms with van der Waals surface area (Å²) >= 11 is 3.43. The molecule has 0 spiro atoms. The van der Waals surface area contributed by atoms with E-state index in [0.717, 1.165) is 22.9 Å². The topological polar surface area (TPSA) is 38.7 Å². The number of carbonyl (C=O) groups excluding carboxylic acids is 1. The fraction of sp³-hybridized carbons (Fsp3) is 0.231. The van der Waals surface area contributed by atoms with Gasteiger partial charge in [-0.2, -0.15) is 0 Å².